The fraction of sp³-hybridized carbons (Fsp3) is 1.00. The average molecular weight is 156 g/mol. The maximum Gasteiger partial charge on any atom is 0.0167 e. The molecule has 2 heteroatoms. The Labute approximate surface area is 69.5 Å². The van der Waals surface area contributed by atoms with Gasteiger partial charge >= 0.3 is 0 Å². The lowest BCUT2D eigenvalue weighted by Gasteiger charge is -2.15. The largest absolute Gasteiger partial charge is 0.327 e. The Bertz CT molecular complexity index is 97.7. The van der Waals surface area contributed by atoms with Crippen LogP contribution in [0.2, 0.25) is 0 Å². The predicted molar refractivity (Wildman–Crippen MR) is 48.5 cm³/mol. The molecule has 1 saturated carbocycles. The van der Waals surface area contributed by atoms with Crippen molar-refractivity contribution in [1.29, 1.82) is 0 Å². The van der Waals surface area contributed by atoms with Gasteiger partial charge in [-0.3, -0.25) is 0 Å². The van der Waals surface area contributed by atoms with Crippen LogP contribution >= 0.6 is 0 Å². The molecule has 0 radical (unpaired) electrons. The molecule has 0 saturated heterocycles. The quantitative estimate of drug-likeness (QED) is 0.640. The summed E-state index contributed by atoms with van der Waals surface area (Å²) in [7, 11) is 1.97. The number of nitrogens with two attached hydrogens (primary N) is 1. The second kappa shape index (κ2) is 4.73. The molecule has 0 aromatic rings. The number of rotatable bonds is 4. The number of likely N-dealkylation sites (N-methyl/N-ethyl adjacent to an activating group) is 1. The molecular formula is C9H20N2. The molecule has 0 bridgehead atoms. The van der Waals surface area contributed by atoms with Crippen LogP contribution in [-0.2, 0) is 0 Å². The van der Waals surface area contributed by atoms with Crippen molar-refractivity contribution in [1.82, 2.24) is 5.32 Å². The second-order valence-electron chi connectivity index (χ2n) is 3.70. The molecular weight excluding hydrogens is 136 g/mol. The van der Waals surface area contributed by atoms with Gasteiger partial charge in [-0.2, -0.15) is 0 Å². The number of hydrogen-bond acceptors (Lipinski definition) is 2. The first-order valence-corrected chi connectivity index (χ1v) is 4.73. The van der Waals surface area contributed by atoms with E-state index in [9.17, 15) is 0 Å². The highest BCUT2D eigenvalue weighted by Crippen LogP contribution is 2.27. The zero-order valence-corrected chi connectivity index (χ0v) is 7.47. The SMILES string of the molecule is CNC[C@@H](N)CC1CCCC1. The highest BCUT2D eigenvalue weighted by Gasteiger charge is 2.17. The summed E-state index contributed by atoms with van der Waals surface area (Å²) in [4.78, 5) is 0. The van der Waals surface area contributed by atoms with Crippen LogP contribution in [0.3, 0.4) is 0 Å². The van der Waals surface area contributed by atoms with Crippen molar-refractivity contribution >= 4 is 0 Å². The molecule has 11 heavy (non-hydrogen) atoms. The first kappa shape index (κ1) is 9.01. The van der Waals surface area contributed by atoms with Crippen molar-refractivity contribution in [3.8, 4) is 0 Å². The van der Waals surface area contributed by atoms with Crippen LogP contribution < -0.4 is 11.1 Å². The van der Waals surface area contributed by atoms with Crippen LogP contribution in [0.1, 0.15) is 32.1 Å². The first-order valence-electron chi connectivity index (χ1n) is 4.73. The van der Waals surface area contributed by atoms with E-state index in [-0.39, 0.29) is 0 Å². The third-order valence-electron chi connectivity index (χ3n) is 2.58. The van der Waals surface area contributed by atoms with Crippen molar-refractivity contribution < 1.29 is 0 Å². The molecule has 1 aliphatic carbocycles. The molecule has 2 nitrogen and oxygen atoms in total. The van der Waals surface area contributed by atoms with E-state index in [0.29, 0.717) is 6.04 Å². The Kier molecular flexibility index (Phi) is 3.87. The topological polar surface area (TPSA) is 38.0 Å². The molecule has 1 atom stereocenters. The summed E-state index contributed by atoms with van der Waals surface area (Å²) in [5.41, 5.74) is 5.90. The summed E-state index contributed by atoms with van der Waals surface area (Å²) in [6.07, 6.45) is 6.91. The molecule has 1 rings (SSSR count). The van der Waals surface area contributed by atoms with Gasteiger partial charge in [-0.15, -0.1) is 0 Å². The monoisotopic (exact) mass is 156 g/mol. The Hall–Kier alpha value is -0.0800. The molecule has 1 aliphatic rings. The van der Waals surface area contributed by atoms with Gasteiger partial charge in [0.1, 0.15) is 0 Å². The van der Waals surface area contributed by atoms with Crippen LogP contribution in [0.5, 0.6) is 0 Å². The van der Waals surface area contributed by atoms with Crippen LogP contribution in [-0.4, -0.2) is 19.6 Å². The maximum atomic E-state index is 5.90. The molecule has 0 heterocycles. The van der Waals surface area contributed by atoms with Gasteiger partial charge in [0.05, 0.1) is 0 Å². The van der Waals surface area contributed by atoms with Gasteiger partial charge in [0.2, 0.25) is 0 Å². The summed E-state index contributed by atoms with van der Waals surface area (Å²) in [6.45, 7) is 0.969. The van der Waals surface area contributed by atoms with Crippen LogP contribution in [0, 0.1) is 5.92 Å². The van der Waals surface area contributed by atoms with E-state index in [1.165, 1.54) is 32.1 Å². The lowest BCUT2D eigenvalue weighted by molar-refractivity contribution is 0.433. The van der Waals surface area contributed by atoms with Crippen molar-refractivity contribution in [2.45, 2.75) is 38.1 Å². The molecule has 0 aromatic carbocycles. The summed E-state index contributed by atoms with van der Waals surface area (Å²) in [5, 5.41) is 3.12. The van der Waals surface area contributed by atoms with Crippen molar-refractivity contribution in [3.63, 3.8) is 0 Å². The summed E-state index contributed by atoms with van der Waals surface area (Å²) in [6, 6.07) is 0.378. The van der Waals surface area contributed by atoms with E-state index in [4.69, 9.17) is 5.73 Å². The summed E-state index contributed by atoms with van der Waals surface area (Å²) >= 11 is 0. The first-order chi connectivity index (χ1) is 5.33. The van der Waals surface area contributed by atoms with Crippen molar-refractivity contribution in [3.05, 3.63) is 0 Å². The molecule has 0 unspecified atom stereocenters. The third-order valence-corrected chi connectivity index (χ3v) is 2.58. The van der Waals surface area contributed by atoms with E-state index in [1.54, 1.807) is 0 Å². The third kappa shape index (κ3) is 3.21. The lowest BCUT2D eigenvalue weighted by atomic mass is 9.99. The standard InChI is InChI=1S/C9H20N2/c1-11-7-9(10)6-8-4-2-3-5-8/h8-9,11H,2-7,10H2,1H3/t9-/m0/s1. The molecule has 3 N–H and O–H groups in total. The average Bonchev–Trinajstić information content (AvgIpc) is 2.40. The van der Waals surface area contributed by atoms with Gasteiger partial charge in [0.15, 0.2) is 0 Å². The van der Waals surface area contributed by atoms with Crippen LogP contribution in [0.4, 0.5) is 0 Å². The molecule has 66 valence electrons. The van der Waals surface area contributed by atoms with Gasteiger partial charge in [0.25, 0.3) is 0 Å². The Morgan fingerprint density at radius 2 is 2.09 bits per heavy atom. The molecule has 0 spiro atoms. The number of nitrogens with one attached hydrogen (secondary N) is 1. The van der Waals surface area contributed by atoms with Gasteiger partial charge in [-0.1, -0.05) is 25.7 Å². The van der Waals surface area contributed by atoms with Gasteiger partial charge in [-0.25, -0.2) is 0 Å². The van der Waals surface area contributed by atoms with Gasteiger partial charge < -0.3 is 11.1 Å². The molecule has 0 amide bonds. The minimum atomic E-state index is 0.378. The molecule has 0 aliphatic heterocycles. The predicted octanol–water partition coefficient (Wildman–Crippen LogP) is 1.11. The van der Waals surface area contributed by atoms with Crippen molar-refractivity contribution in [2.75, 3.05) is 13.6 Å². The minimum Gasteiger partial charge on any atom is -0.327 e. The van der Waals surface area contributed by atoms with E-state index in [2.05, 4.69) is 5.32 Å². The zero-order valence-electron chi connectivity index (χ0n) is 7.47. The highest BCUT2D eigenvalue weighted by atomic mass is 14.9. The smallest absolute Gasteiger partial charge is 0.0167 e. The Balaban J connectivity index is 2.08. The number of hydrogen-bond donors (Lipinski definition) is 2. The van der Waals surface area contributed by atoms with Gasteiger partial charge in [-0.05, 0) is 19.4 Å². The van der Waals surface area contributed by atoms with E-state index < -0.39 is 0 Å². The van der Waals surface area contributed by atoms with E-state index in [1.807, 2.05) is 7.05 Å². The fourth-order valence-electron chi connectivity index (χ4n) is 2.02. The van der Waals surface area contributed by atoms with Crippen LogP contribution in [0.15, 0.2) is 0 Å². The highest BCUT2D eigenvalue weighted by molar-refractivity contribution is 4.74. The zero-order chi connectivity index (χ0) is 8.10. The molecule has 1 fully saturated rings. The maximum absolute atomic E-state index is 5.90. The normalized spacial score (nSPS) is 22.4. The fourth-order valence-corrected chi connectivity index (χ4v) is 2.02. The second-order valence-corrected chi connectivity index (χ2v) is 3.70. The van der Waals surface area contributed by atoms with Crippen LogP contribution in [0.25, 0.3) is 0 Å². The van der Waals surface area contributed by atoms with E-state index >= 15 is 0 Å². The Morgan fingerprint density at radius 1 is 1.45 bits per heavy atom. The lowest BCUT2D eigenvalue weighted by Crippen LogP contribution is -2.33. The van der Waals surface area contributed by atoms with Gasteiger partial charge in [0, 0.05) is 12.6 Å². The van der Waals surface area contributed by atoms with Crippen molar-refractivity contribution in [2.24, 2.45) is 11.7 Å². The van der Waals surface area contributed by atoms with E-state index in [0.717, 1.165) is 12.5 Å². The Morgan fingerprint density at radius 3 is 2.64 bits per heavy atom. The summed E-state index contributed by atoms with van der Waals surface area (Å²) in [5.74, 6) is 0.929. The minimum absolute atomic E-state index is 0.378. The summed E-state index contributed by atoms with van der Waals surface area (Å²) < 4.78 is 0. The molecule has 0 aromatic heterocycles.